The molecule has 1 aliphatic rings. The van der Waals surface area contributed by atoms with Gasteiger partial charge in [-0.25, -0.2) is 15.0 Å². The summed E-state index contributed by atoms with van der Waals surface area (Å²) in [5, 5.41) is 21.2. The minimum atomic E-state index is -0.857. The maximum Gasteiger partial charge on any atom is 0.274 e. The van der Waals surface area contributed by atoms with E-state index in [1.54, 1.807) is 31.6 Å². The molecule has 0 saturated carbocycles. The lowest BCUT2D eigenvalue weighted by Gasteiger charge is -2.24. The standard InChI is InChI=1S/C23H24N4O5/c1-15-20(26-22(32-15)18-8-5-9-19(28)21(18)29)23(30)27(11-10-17-12-24-14-25-17)31-13-16-6-3-2-4-7-16/h2-9,12,14-15,20,28-29H,10-11,13H2,1H3,(H,24,25)/t15-,20+/m1/s1. The van der Waals surface area contributed by atoms with Crippen LogP contribution in [0.1, 0.15) is 23.7 Å². The van der Waals surface area contributed by atoms with E-state index in [1.807, 2.05) is 30.3 Å². The zero-order chi connectivity index (χ0) is 22.5. The number of carbonyl (C=O) groups excluding carboxylic acids is 1. The average molecular weight is 436 g/mol. The summed E-state index contributed by atoms with van der Waals surface area (Å²) in [4.78, 5) is 30.6. The molecule has 9 heteroatoms. The van der Waals surface area contributed by atoms with Gasteiger partial charge in [-0.05, 0) is 24.6 Å². The first-order chi connectivity index (χ1) is 15.5. The second-order valence-electron chi connectivity index (χ2n) is 7.40. The number of hydroxylamine groups is 2. The van der Waals surface area contributed by atoms with Crippen molar-refractivity contribution in [3.63, 3.8) is 0 Å². The molecule has 32 heavy (non-hydrogen) atoms. The number of carbonyl (C=O) groups is 1. The second-order valence-corrected chi connectivity index (χ2v) is 7.40. The molecule has 0 radical (unpaired) electrons. The van der Waals surface area contributed by atoms with Gasteiger partial charge in [-0.1, -0.05) is 36.4 Å². The summed E-state index contributed by atoms with van der Waals surface area (Å²) in [5.74, 6) is -0.894. The molecule has 1 aliphatic heterocycles. The zero-order valence-electron chi connectivity index (χ0n) is 17.5. The fraction of sp³-hybridized carbons (Fsp3) is 0.261. The lowest BCUT2D eigenvalue weighted by Crippen LogP contribution is -2.42. The number of hydrogen-bond acceptors (Lipinski definition) is 7. The number of aromatic amines is 1. The molecule has 0 fully saturated rings. The number of phenolic OH excluding ortho intramolecular Hbond substituents is 2. The number of aromatic nitrogens is 2. The van der Waals surface area contributed by atoms with Crippen molar-refractivity contribution in [2.24, 2.45) is 4.99 Å². The maximum absolute atomic E-state index is 13.3. The van der Waals surface area contributed by atoms with Gasteiger partial charge in [0, 0.05) is 18.3 Å². The van der Waals surface area contributed by atoms with Crippen LogP contribution in [0.15, 0.2) is 66.0 Å². The molecule has 4 rings (SSSR count). The smallest absolute Gasteiger partial charge is 0.274 e. The quantitative estimate of drug-likeness (QED) is 0.369. The van der Waals surface area contributed by atoms with Gasteiger partial charge in [-0.15, -0.1) is 0 Å². The minimum Gasteiger partial charge on any atom is -0.504 e. The molecular formula is C23H24N4O5. The van der Waals surface area contributed by atoms with Gasteiger partial charge in [0.15, 0.2) is 17.5 Å². The topological polar surface area (TPSA) is 120 Å². The highest BCUT2D eigenvalue weighted by molar-refractivity contribution is 6.01. The summed E-state index contributed by atoms with van der Waals surface area (Å²) in [5.41, 5.74) is 2.02. The molecule has 0 aliphatic carbocycles. The molecule has 2 aromatic carbocycles. The van der Waals surface area contributed by atoms with Crippen molar-refractivity contribution in [2.45, 2.75) is 32.1 Å². The number of aromatic hydroxyl groups is 2. The lowest BCUT2D eigenvalue weighted by molar-refractivity contribution is -0.193. The van der Waals surface area contributed by atoms with Gasteiger partial charge in [-0.2, -0.15) is 0 Å². The van der Waals surface area contributed by atoms with E-state index in [-0.39, 0.29) is 35.5 Å². The van der Waals surface area contributed by atoms with Crippen LogP contribution >= 0.6 is 0 Å². The van der Waals surface area contributed by atoms with Crippen LogP contribution in [0.2, 0.25) is 0 Å². The molecule has 3 aromatic rings. The molecule has 3 N–H and O–H groups in total. The van der Waals surface area contributed by atoms with Gasteiger partial charge >= 0.3 is 0 Å². The predicted molar refractivity (Wildman–Crippen MR) is 116 cm³/mol. The summed E-state index contributed by atoms with van der Waals surface area (Å²) >= 11 is 0. The summed E-state index contributed by atoms with van der Waals surface area (Å²) in [7, 11) is 0. The number of hydrogen-bond donors (Lipinski definition) is 3. The maximum atomic E-state index is 13.3. The molecule has 0 saturated heterocycles. The van der Waals surface area contributed by atoms with Crippen LogP contribution in [0.25, 0.3) is 0 Å². The van der Waals surface area contributed by atoms with Crippen LogP contribution in [0, 0.1) is 0 Å². The Morgan fingerprint density at radius 2 is 2.00 bits per heavy atom. The van der Waals surface area contributed by atoms with Crippen molar-refractivity contribution in [1.82, 2.24) is 15.0 Å². The number of nitrogens with one attached hydrogen (secondary N) is 1. The minimum absolute atomic E-state index is 0.0980. The molecule has 166 valence electrons. The SMILES string of the molecule is C[C@H]1OC(c2cccc(O)c2O)=N[C@@H]1C(=O)N(CCc1cnc[nH]1)OCc1ccccc1. The Hall–Kier alpha value is -3.85. The molecule has 2 atom stereocenters. The number of phenols is 2. The Morgan fingerprint density at radius 1 is 1.19 bits per heavy atom. The number of ether oxygens (including phenoxy) is 1. The summed E-state index contributed by atoms with van der Waals surface area (Å²) in [6.07, 6.45) is 3.22. The van der Waals surface area contributed by atoms with Crippen molar-refractivity contribution in [1.29, 1.82) is 0 Å². The number of imidazole rings is 1. The van der Waals surface area contributed by atoms with Crippen molar-refractivity contribution in [3.05, 3.63) is 77.9 Å². The van der Waals surface area contributed by atoms with Crippen LogP contribution in [0.4, 0.5) is 0 Å². The second kappa shape index (κ2) is 9.52. The highest BCUT2D eigenvalue weighted by Gasteiger charge is 2.38. The zero-order valence-corrected chi connectivity index (χ0v) is 17.5. The number of para-hydroxylation sites is 1. The number of benzene rings is 2. The monoisotopic (exact) mass is 436 g/mol. The van der Waals surface area contributed by atoms with Gasteiger partial charge in [0.05, 0.1) is 18.4 Å². The fourth-order valence-corrected chi connectivity index (χ4v) is 3.35. The van der Waals surface area contributed by atoms with E-state index in [1.165, 1.54) is 11.1 Å². The lowest BCUT2D eigenvalue weighted by atomic mass is 10.2. The first-order valence-electron chi connectivity index (χ1n) is 10.2. The Labute approximate surface area is 184 Å². The van der Waals surface area contributed by atoms with Gasteiger partial charge in [0.2, 0.25) is 5.90 Å². The Morgan fingerprint density at radius 3 is 2.75 bits per heavy atom. The van der Waals surface area contributed by atoms with Crippen molar-refractivity contribution in [3.8, 4) is 11.5 Å². The molecule has 1 amide bonds. The summed E-state index contributed by atoms with van der Waals surface area (Å²) in [6.45, 7) is 2.24. The van der Waals surface area contributed by atoms with E-state index in [0.717, 1.165) is 11.3 Å². The Bertz CT molecular complexity index is 1090. The van der Waals surface area contributed by atoms with E-state index in [9.17, 15) is 15.0 Å². The van der Waals surface area contributed by atoms with Crippen LogP contribution < -0.4 is 0 Å². The number of rotatable bonds is 8. The van der Waals surface area contributed by atoms with E-state index >= 15 is 0 Å². The van der Waals surface area contributed by atoms with Crippen molar-refractivity contribution < 1.29 is 24.6 Å². The van der Waals surface area contributed by atoms with E-state index in [0.29, 0.717) is 13.0 Å². The predicted octanol–water partition coefficient (Wildman–Crippen LogP) is 2.56. The normalized spacial score (nSPS) is 17.6. The van der Waals surface area contributed by atoms with Crippen LogP contribution in [0.3, 0.4) is 0 Å². The van der Waals surface area contributed by atoms with Gasteiger partial charge in [0.1, 0.15) is 12.7 Å². The van der Waals surface area contributed by atoms with Gasteiger partial charge in [0.25, 0.3) is 5.91 Å². The molecule has 0 bridgehead atoms. The summed E-state index contributed by atoms with van der Waals surface area (Å²) < 4.78 is 5.74. The highest BCUT2D eigenvalue weighted by atomic mass is 16.7. The van der Waals surface area contributed by atoms with Crippen LogP contribution in [0.5, 0.6) is 11.5 Å². The number of H-pyrrole nitrogens is 1. The Balaban J connectivity index is 1.53. The molecule has 0 spiro atoms. The first kappa shape index (κ1) is 21.4. The third-order valence-electron chi connectivity index (χ3n) is 5.11. The molecule has 2 heterocycles. The highest BCUT2D eigenvalue weighted by Crippen LogP contribution is 2.31. The third kappa shape index (κ3) is 4.73. The first-order valence-corrected chi connectivity index (χ1v) is 10.2. The van der Waals surface area contributed by atoms with Crippen molar-refractivity contribution in [2.75, 3.05) is 6.54 Å². The fourth-order valence-electron chi connectivity index (χ4n) is 3.35. The van der Waals surface area contributed by atoms with Gasteiger partial charge < -0.3 is 19.9 Å². The molecule has 0 unspecified atom stereocenters. The van der Waals surface area contributed by atoms with Crippen LogP contribution in [-0.4, -0.2) is 55.7 Å². The number of amides is 1. The third-order valence-corrected chi connectivity index (χ3v) is 5.11. The average Bonchev–Trinajstić information content (AvgIpc) is 3.46. The molecule has 1 aromatic heterocycles. The van der Waals surface area contributed by atoms with E-state index in [2.05, 4.69) is 15.0 Å². The van der Waals surface area contributed by atoms with E-state index < -0.39 is 12.1 Å². The number of nitrogens with zero attached hydrogens (tertiary/aromatic N) is 3. The van der Waals surface area contributed by atoms with E-state index in [4.69, 9.17) is 9.57 Å². The Kier molecular flexibility index (Phi) is 6.37. The molecular weight excluding hydrogens is 412 g/mol. The largest absolute Gasteiger partial charge is 0.504 e. The van der Waals surface area contributed by atoms with Crippen LogP contribution in [-0.2, 0) is 27.4 Å². The van der Waals surface area contributed by atoms with Crippen molar-refractivity contribution >= 4 is 11.8 Å². The molecule has 9 nitrogen and oxygen atoms in total. The summed E-state index contributed by atoms with van der Waals surface area (Å²) in [6, 6.07) is 13.2. The van der Waals surface area contributed by atoms with Gasteiger partial charge in [-0.3, -0.25) is 9.63 Å². The number of aliphatic imine (C=N–C) groups is 1.